The molecule has 2 aromatic heterocycles. The predicted octanol–water partition coefficient (Wildman–Crippen LogP) is 2.47. The lowest BCUT2D eigenvalue weighted by Crippen LogP contribution is -2.24. The van der Waals surface area contributed by atoms with Crippen LogP contribution in [0.4, 0.5) is 10.3 Å². The number of anilines is 2. The molecule has 0 radical (unpaired) electrons. The van der Waals surface area contributed by atoms with Crippen molar-refractivity contribution in [1.82, 2.24) is 14.8 Å². The Labute approximate surface area is 153 Å². The molecular weight excluding hydrogens is 354 g/mol. The summed E-state index contributed by atoms with van der Waals surface area (Å²) in [5.74, 6) is -0.888. The lowest BCUT2D eigenvalue weighted by molar-refractivity contribution is -0.116. The molecular formula is C17H19N5O3S. The molecule has 0 atom stereocenters. The van der Waals surface area contributed by atoms with Crippen LogP contribution >= 0.6 is 11.3 Å². The molecule has 0 bridgehead atoms. The van der Waals surface area contributed by atoms with Gasteiger partial charge >= 0.3 is 5.76 Å². The molecule has 1 N–H and O–H groups in total. The largest absolute Gasteiger partial charge is 0.420 e. The molecule has 8 nitrogen and oxygen atoms in total. The monoisotopic (exact) mass is 373 g/mol. The number of fused-ring (bicyclic) bond motifs is 1. The van der Waals surface area contributed by atoms with Crippen molar-refractivity contribution < 1.29 is 9.21 Å². The predicted molar refractivity (Wildman–Crippen MR) is 99.7 cm³/mol. The molecule has 136 valence electrons. The molecule has 0 spiro atoms. The second-order valence-corrected chi connectivity index (χ2v) is 7.22. The number of para-hydroxylation sites is 2. The van der Waals surface area contributed by atoms with Gasteiger partial charge < -0.3 is 9.32 Å². The van der Waals surface area contributed by atoms with E-state index in [1.165, 1.54) is 28.7 Å². The molecule has 1 aliphatic heterocycles. The number of nitrogens with zero attached hydrogens (tertiary/aromatic N) is 4. The van der Waals surface area contributed by atoms with E-state index in [2.05, 4.69) is 20.4 Å². The van der Waals surface area contributed by atoms with Crippen LogP contribution in [0.3, 0.4) is 0 Å². The van der Waals surface area contributed by atoms with E-state index in [-0.39, 0.29) is 12.5 Å². The lowest BCUT2D eigenvalue weighted by atomic mass is 10.2. The molecule has 1 aliphatic rings. The molecule has 1 amide bonds. The zero-order valence-corrected chi connectivity index (χ0v) is 15.0. The van der Waals surface area contributed by atoms with Crippen molar-refractivity contribution in [1.29, 1.82) is 0 Å². The van der Waals surface area contributed by atoms with Crippen LogP contribution in [0.1, 0.15) is 25.7 Å². The van der Waals surface area contributed by atoms with Crippen LogP contribution in [0, 0.1) is 0 Å². The van der Waals surface area contributed by atoms with E-state index in [4.69, 9.17) is 4.42 Å². The second kappa shape index (κ2) is 7.28. The van der Waals surface area contributed by atoms with Crippen molar-refractivity contribution >= 4 is 38.6 Å². The fourth-order valence-electron chi connectivity index (χ4n) is 3.12. The number of benzene rings is 1. The Morgan fingerprint density at radius 1 is 1.15 bits per heavy atom. The standard InChI is InChI=1S/C17H19N5O3S/c23-14(11-22-12-7-3-4-8-13(12)25-17(22)24)18-15-19-20-16(26-15)21-9-5-1-2-6-10-21/h3-4,7-8H,1-2,5-6,9-11H2,(H,18,19,23). The summed E-state index contributed by atoms with van der Waals surface area (Å²) >= 11 is 1.36. The highest BCUT2D eigenvalue weighted by molar-refractivity contribution is 7.19. The molecule has 3 aromatic rings. The molecule has 1 fully saturated rings. The summed E-state index contributed by atoms with van der Waals surface area (Å²) in [5, 5.41) is 12.2. The van der Waals surface area contributed by atoms with Gasteiger partial charge in [0.15, 0.2) is 5.58 Å². The molecule has 0 unspecified atom stereocenters. The van der Waals surface area contributed by atoms with Crippen LogP contribution in [-0.2, 0) is 11.3 Å². The molecule has 26 heavy (non-hydrogen) atoms. The van der Waals surface area contributed by atoms with E-state index in [0.717, 1.165) is 31.1 Å². The van der Waals surface area contributed by atoms with E-state index in [9.17, 15) is 9.59 Å². The first-order valence-electron chi connectivity index (χ1n) is 8.67. The Kier molecular flexibility index (Phi) is 4.70. The average Bonchev–Trinajstić information content (AvgIpc) is 3.09. The van der Waals surface area contributed by atoms with Gasteiger partial charge in [0.25, 0.3) is 0 Å². The topological polar surface area (TPSA) is 93.3 Å². The van der Waals surface area contributed by atoms with Gasteiger partial charge in [-0.15, -0.1) is 10.2 Å². The summed E-state index contributed by atoms with van der Waals surface area (Å²) in [5.41, 5.74) is 1.06. The van der Waals surface area contributed by atoms with Crippen molar-refractivity contribution in [2.75, 3.05) is 23.3 Å². The van der Waals surface area contributed by atoms with Crippen molar-refractivity contribution in [3.8, 4) is 0 Å². The van der Waals surface area contributed by atoms with Gasteiger partial charge in [-0.3, -0.25) is 14.7 Å². The first-order valence-corrected chi connectivity index (χ1v) is 9.49. The van der Waals surface area contributed by atoms with Gasteiger partial charge in [-0.2, -0.15) is 0 Å². The van der Waals surface area contributed by atoms with Gasteiger partial charge in [0.1, 0.15) is 6.54 Å². The Bertz CT molecular complexity index is 968. The highest BCUT2D eigenvalue weighted by Crippen LogP contribution is 2.26. The van der Waals surface area contributed by atoms with Crippen molar-refractivity contribution in [2.24, 2.45) is 0 Å². The van der Waals surface area contributed by atoms with Gasteiger partial charge in [0.05, 0.1) is 5.52 Å². The lowest BCUT2D eigenvalue weighted by Gasteiger charge is -2.17. The molecule has 1 saturated heterocycles. The molecule has 3 heterocycles. The van der Waals surface area contributed by atoms with Gasteiger partial charge in [0, 0.05) is 13.1 Å². The van der Waals surface area contributed by atoms with Gasteiger partial charge in [0.2, 0.25) is 16.2 Å². The number of aromatic nitrogens is 3. The van der Waals surface area contributed by atoms with Crippen LogP contribution in [0.2, 0.25) is 0 Å². The van der Waals surface area contributed by atoms with Crippen LogP contribution in [0.5, 0.6) is 0 Å². The number of amides is 1. The van der Waals surface area contributed by atoms with Crippen LogP contribution in [0.15, 0.2) is 33.5 Å². The summed E-state index contributed by atoms with van der Waals surface area (Å²) in [7, 11) is 0. The third-order valence-electron chi connectivity index (χ3n) is 4.41. The summed E-state index contributed by atoms with van der Waals surface area (Å²) < 4.78 is 6.45. The van der Waals surface area contributed by atoms with E-state index in [0.29, 0.717) is 16.2 Å². The van der Waals surface area contributed by atoms with E-state index >= 15 is 0 Å². The number of hydrogen-bond donors (Lipinski definition) is 1. The van der Waals surface area contributed by atoms with E-state index in [1.54, 1.807) is 24.3 Å². The van der Waals surface area contributed by atoms with Crippen LogP contribution < -0.4 is 16.0 Å². The number of carbonyl (C=O) groups excluding carboxylic acids is 1. The molecule has 9 heteroatoms. The zero-order chi connectivity index (χ0) is 17.9. The van der Waals surface area contributed by atoms with E-state index < -0.39 is 5.76 Å². The fourth-order valence-corrected chi connectivity index (χ4v) is 3.93. The van der Waals surface area contributed by atoms with E-state index in [1.807, 2.05) is 0 Å². The van der Waals surface area contributed by atoms with Crippen LogP contribution in [-0.4, -0.2) is 33.8 Å². The molecule has 1 aromatic carbocycles. The zero-order valence-electron chi connectivity index (χ0n) is 14.2. The molecule has 0 aliphatic carbocycles. The minimum absolute atomic E-state index is 0.130. The Morgan fingerprint density at radius 2 is 1.92 bits per heavy atom. The van der Waals surface area contributed by atoms with Gasteiger partial charge in [-0.05, 0) is 25.0 Å². The van der Waals surface area contributed by atoms with Crippen LogP contribution in [0.25, 0.3) is 11.1 Å². The Morgan fingerprint density at radius 3 is 2.73 bits per heavy atom. The van der Waals surface area contributed by atoms with Crippen molar-refractivity contribution in [3.63, 3.8) is 0 Å². The highest BCUT2D eigenvalue weighted by atomic mass is 32.1. The third kappa shape index (κ3) is 3.48. The number of rotatable bonds is 4. The minimum Gasteiger partial charge on any atom is -0.408 e. The quantitative estimate of drug-likeness (QED) is 0.755. The summed E-state index contributed by atoms with van der Waals surface area (Å²) in [6.45, 7) is 1.81. The second-order valence-electron chi connectivity index (χ2n) is 6.26. The first kappa shape index (κ1) is 16.8. The number of nitrogens with one attached hydrogen (secondary N) is 1. The summed E-state index contributed by atoms with van der Waals surface area (Å²) in [4.78, 5) is 26.5. The highest BCUT2D eigenvalue weighted by Gasteiger charge is 2.17. The van der Waals surface area contributed by atoms with Gasteiger partial charge in [-0.25, -0.2) is 4.79 Å². The first-order chi connectivity index (χ1) is 12.7. The van der Waals surface area contributed by atoms with Crippen molar-refractivity contribution in [3.05, 3.63) is 34.8 Å². The molecule has 0 saturated carbocycles. The SMILES string of the molecule is O=C(Cn1c(=O)oc2ccccc21)Nc1nnc(N2CCCCCC2)s1. The maximum absolute atomic E-state index is 12.3. The Balaban J connectivity index is 1.45. The maximum atomic E-state index is 12.3. The smallest absolute Gasteiger partial charge is 0.408 e. The van der Waals surface area contributed by atoms with Gasteiger partial charge in [-0.1, -0.05) is 36.3 Å². The normalized spacial score (nSPS) is 15.2. The number of hydrogen-bond acceptors (Lipinski definition) is 7. The number of carbonyl (C=O) groups is 1. The fraction of sp³-hybridized carbons (Fsp3) is 0.412. The number of oxazole rings is 1. The molecule has 4 rings (SSSR count). The maximum Gasteiger partial charge on any atom is 0.420 e. The summed E-state index contributed by atoms with van der Waals surface area (Å²) in [6, 6.07) is 7.02. The summed E-state index contributed by atoms with van der Waals surface area (Å²) in [6.07, 6.45) is 4.79. The van der Waals surface area contributed by atoms with Crippen molar-refractivity contribution in [2.45, 2.75) is 32.2 Å². The third-order valence-corrected chi connectivity index (χ3v) is 5.31. The minimum atomic E-state index is -0.552. The average molecular weight is 373 g/mol. The Hall–Kier alpha value is -2.68.